The van der Waals surface area contributed by atoms with Crippen molar-refractivity contribution in [3.05, 3.63) is 99.9 Å². The fourth-order valence-corrected chi connectivity index (χ4v) is 5.76. The first-order valence-electron chi connectivity index (χ1n) is 14.6. The fourth-order valence-electron chi connectivity index (χ4n) is 5.76. The number of alkyl carbamates (subject to hydrolysis) is 1. The van der Waals surface area contributed by atoms with Crippen LogP contribution in [0.3, 0.4) is 0 Å². The molecule has 0 fully saturated rings. The molecule has 1 aliphatic carbocycles. The van der Waals surface area contributed by atoms with E-state index in [4.69, 9.17) is 13.9 Å². The van der Waals surface area contributed by atoms with E-state index in [0.29, 0.717) is 16.5 Å². The number of carboxylic acid groups (broad SMARTS) is 1. The minimum atomic E-state index is -1.58. The van der Waals surface area contributed by atoms with Gasteiger partial charge in [0.1, 0.15) is 24.3 Å². The van der Waals surface area contributed by atoms with Crippen LogP contribution in [0.15, 0.2) is 82.0 Å². The molecule has 1 aliphatic rings. The molecule has 1 amide bonds. The van der Waals surface area contributed by atoms with Gasteiger partial charge in [-0.05, 0) is 55.2 Å². The van der Waals surface area contributed by atoms with Gasteiger partial charge in [-0.2, -0.15) is 0 Å². The number of carbonyl (C=O) groups is 3. The smallest absolute Gasteiger partial charge is 0.407 e. The molecule has 1 unspecified atom stereocenters. The highest BCUT2D eigenvalue weighted by Gasteiger charge is 2.31. The monoisotopic (exact) mass is 598 g/mol. The number of carboxylic acids is 1. The van der Waals surface area contributed by atoms with Crippen LogP contribution in [0.5, 0.6) is 0 Å². The Hall–Kier alpha value is -5.12. The summed E-state index contributed by atoms with van der Waals surface area (Å²) in [5, 5.41) is 12.6. The van der Waals surface area contributed by atoms with Crippen molar-refractivity contribution in [1.29, 1.82) is 0 Å². The van der Waals surface area contributed by atoms with Gasteiger partial charge in [-0.15, -0.1) is 0 Å². The van der Waals surface area contributed by atoms with Crippen molar-refractivity contribution in [3.8, 4) is 11.1 Å². The molecule has 0 saturated heterocycles. The molecule has 2 N–H and O–H groups in total. The van der Waals surface area contributed by atoms with Gasteiger partial charge in [0.05, 0.1) is 6.42 Å². The van der Waals surface area contributed by atoms with Gasteiger partial charge in [0.25, 0.3) is 0 Å². The Bertz CT molecular complexity index is 1710. The number of benzene rings is 3. The summed E-state index contributed by atoms with van der Waals surface area (Å²) >= 11 is 0. The summed E-state index contributed by atoms with van der Waals surface area (Å²) < 4.78 is 16.4. The molecule has 0 bridgehead atoms. The molecule has 2 atom stereocenters. The highest BCUT2D eigenvalue weighted by Crippen LogP contribution is 2.44. The Morgan fingerprint density at radius 3 is 2.20 bits per heavy atom. The molecule has 3 aromatic carbocycles. The second-order valence-electron chi connectivity index (χ2n) is 10.6. The molecule has 0 aliphatic heterocycles. The van der Waals surface area contributed by atoms with E-state index in [1.54, 1.807) is 19.1 Å². The van der Waals surface area contributed by atoms with Gasteiger partial charge in [-0.3, -0.25) is 4.79 Å². The summed E-state index contributed by atoms with van der Waals surface area (Å²) in [5.74, 6) is -2.49. The summed E-state index contributed by atoms with van der Waals surface area (Å²) in [5.41, 5.74) is 5.20. The minimum absolute atomic E-state index is 0.00662. The first kappa shape index (κ1) is 30.3. The molecule has 228 valence electrons. The van der Waals surface area contributed by atoms with Gasteiger partial charge < -0.3 is 29.2 Å². The Morgan fingerprint density at radius 2 is 1.59 bits per heavy atom. The number of rotatable bonds is 11. The molecule has 44 heavy (non-hydrogen) atoms. The summed E-state index contributed by atoms with van der Waals surface area (Å²) in [7, 11) is 0. The quantitative estimate of drug-likeness (QED) is 0.166. The van der Waals surface area contributed by atoms with Gasteiger partial charge in [0, 0.05) is 47.8 Å². The zero-order chi connectivity index (χ0) is 31.4. The third-order valence-corrected chi connectivity index (χ3v) is 7.94. The topological polar surface area (TPSA) is 135 Å². The second-order valence-corrected chi connectivity index (χ2v) is 10.6. The molecular weight excluding hydrogens is 564 g/mol. The summed E-state index contributed by atoms with van der Waals surface area (Å²) in [4.78, 5) is 51.9. The summed E-state index contributed by atoms with van der Waals surface area (Å²) in [6, 6.07) is 20.8. The number of hydrogen-bond donors (Lipinski definition) is 2. The van der Waals surface area contributed by atoms with Crippen molar-refractivity contribution >= 4 is 34.7 Å². The number of ether oxygens (including phenoxy) is 2. The first-order chi connectivity index (χ1) is 21.2. The number of amides is 1. The number of esters is 1. The second kappa shape index (κ2) is 13.0. The zero-order valence-corrected chi connectivity index (χ0v) is 24.7. The van der Waals surface area contributed by atoms with Crippen LogP contribution in [-0.4, -0.2) is 48.9 Å². The zero-order valence-electron chi connectivity index (χ0n) is 24.7. The van der Waals surface area contributed by atoms with Gasteiger partial charge in [0.15, 0.2) is 0 Å². The third-order valence-electron chi connectivity index (χ3n) is 7.94. The number of carbonyl (C=O) groups excluding carboxylic acids is 2. The lowest BCUT2D eigenvalue weighted by atomic mass is 9.98. The van der Waals surface area contributed by atoms with Crippen LogP contribution in [0.25, 0.3) is 22.1 Å². The van der Waals surface area contributed by atoms with Crippen molar-refractivity contribution < 1.29 is 33.4 Å². The van der Waals surface area contributed by atoms with E-state index in [0.717, 1.165) is 41.0 Å². The molecule has 10 heteroatoms. The summed E-state index contributed by atoms with van der Waals surface area (Å²) in [6.07, 6.45) is -2.50. The molecular formula is C34H34N2O8. The molecule has 4 aromatic rings. The predicted octanol–water partition coefficient (Wildman–Crippen LogP) is 5.63. The first-order valence-corrected chi connectivity index (χ1v) is 14.6. The van der Waals surface area contributed by atoms with Crippen LogP contribution in [0, 0.1) is 0 Å². The predicted molar refractivity (Wildman–Crippen MR) is 165 cm³/mol. The minimum Gasteiger partial charge on any atom is -0.480 e. The van der Waals surface area contributed by atoms with Crippen molar-refractivity contribution in [3.63, 3.8) is 0 Å². The van der Waals surface area contributed by atoms with Crippen molar-refractivity contribution in [2.75, 3.05) is 24.6 Å². The van der Waals surface area contributed by atoms with E-state index in [2.05, 4.69) is 10.2 Å². The van der Waals surface area contributed by atoms with Gasteiger partial charge in [-0.25, -0.2) is 14.4 Å². The normalized spacial score (nSPS) is 13.4. The number of aliphatic carboxylic acids is 1. The molecule has 1 heterocycles. The SMILES string of the molecule is CCN(CC)c1ccc2c(C(C)OC(=O)C[C@H](NC(=O)OCC3c4ccccc4-c4ccccc43)C(=O)O)cc(=O)oc2c1. The van der Waals surface area contributed by atoms with E-state index in [-0.39, 0.29) is 12.5 Å². The number of fused-ring (bicyclic) bond motifs is 4. The Balaban J connectivity index is 1.23. The molecule has 5 rings (SSSR count). The lowest BCUT2D eigenvalue weighted by Gasteiger charge is -2.22. The fraction of sp³-hybridized carbons (Fsp3) is 0.294. The van der Waals surface area contributed by atoms with Crippen LogP contribution >= 0.6 is 0 Å². The third kappa shape index (κ3) is 6.29. The van der Waals surface area contributed by atoms with Gasteiger partial charge in [0.2, 0.25) is 0 Å². The lowest BCUT2D eigenvalue weighted by molar-refractivity contribution is -0.153. The maximum Gasteiger partial charge on any atom is 0.407 e. The van der Waals surface area contributed by atoms with Crippen molar-refractivity contribution in [2.45, 2.75) is 45.3 Å². The van der Waals surface area contributed by atoms with Crippen LogP contribution in [-0.2, 0) is 19.1 Å². The number of hydrogen-bond acceptors (Lipinski definition) is 8. The van der Waals surface area contributed by atoms with E-state index in [9.17, 15) is 24.3 Å². The van der Waals surface area contributed by atoms with E-state index >= 15 is 0 Å². The Labute approximate surface area is 254 Å². The van der Waals surface area contributed by atoms with Gasteiger partial charge >= 0.3 is 23.7 Å². The molecule has 1 aromatic heterocycles. The number of nitrogens with zero attached hydrogens (tertiary/aromatic N) is 1. The van der Waals surface area contributed by atoms with Crippen LogP contribution < -0.4 is 15.8 Å². The number of anilines is 1. The Morgan fingerprint density at radius 1 is 0.955 bits per heavy atom. The van der Waals surface area contributed by atoms with E-state index in [1.807, 2.05) is 68.4 Å². The highest BCUT2D eigenvalue weighted by atomic mass is 16.6. The largest absolute Gasteiger partial charge is 0.480 e. The summed E-state index contributed by atoms with van der Waals surface area (Å²) in [6.45, 7) is 7.17. The van der Waals surface area contributed by atoms with E-state index < -0.39 is 42.2 Å². The molecule has 10 nitrogen and oxygen atoms in total. The van der Waals surface area contributed by atoms with Crippen molar-refractivity contribution in [1.82, 2.24) is 5.32 Å². The number of nitrogens with one attached hydrogen (secondary N) is 1. The van der Waals surface area contributed by atoms with Crippen LogP contribution in [0.4, 0.5) is 10.5 Å². The lowest BCUT2D eigenvalue weighted by Crippen LogP contribution is -2.43. The standard InChI is InChI=1S/C34H34N2O8/c1-4-36(5-2)21-14-15-26-27(17-31(37)44-30(26)16-21)20(3)43-32(38)18-29(33(39)40)35-34(41)42-19-28-24-12-8-6-10-22(24)23-11-7-9-13-25(23)28/h6-17,20,28-29H,4-5,18-19H2,1-3H3,(H,35,41)(H,39,40)/t20?,29-/m0/s1. The van der Waals surface area contributed by atoms with Crippen LogP contribution in [0.1, 0.15) is 55.9 Å². The van der Waals surface area contributed by atoms with E-state index in [1.165, 1.54) is 6.07 Å². The Kier molecular flexibility index (Phi) is 8.99. The molecule has 0 saturated carbocycles. The maximum atomic E-state index is 12.8. The molecule has 0 spiro atoms. The maximum absolute atomic E-state index is 12.8. The molecule has 0 radical (unpaired) electrons. The average molecular weight is 599 g/mol. The van der Waals surface area contributed by atoms with Gasteiger partial charge in [-0.1, -0.05) is 48.5 Å². The highest BCUT2D eigenvalue weighted by molar-refractivity contribution is 5.87. The average Bonchev–Trinajstić information content (AvgIpc) is 3.33. The van der Waals surface area contributed by atoms with Crippen LogP contribution in [0.2, 0.25) is 0 Å². The van der Waals surface area contributed by atoms with Crippen molar-refractivity contribution in [2.24, 2.45) is 0 Å².